The third-order valence-electron chi connectivity index (χ3n) is 2.99. The molecule has 1 aliphatic rings. The smallest absolute Gasteiger partial charge is 0.242 e. The van der Waals surface area contributed by atoms with E-state index in [2.05, 4.69) is 10.0 Å². The summed E-state index contributed by atoms with van der Waals surface area (Å²) in [6.45, 7) is 1.37. The van der Waals surface area contributed by atoms with Crippen LogP contribution >= 0.6 is 23.2 Å². The summed E-state index contributed by atoms with van der Waals surface area (Å²) in [5, 5.41) is 3.45. The zero-order valence-corrected chi connectivity index (χ0v) is 13.3. The molecule has 1 atom stereocenters. The highest BCUT2D eigenvalue weighted by molar-refractivity contribution is 7.89. The molecule has 2 rings (SSSR count). The number of nitrogens with one attached hydrogen (secondary N) is 2. The van der Waals surface area contributed by atoms with Crippen LogP contribution in [0, 0.1) is 0 Å². The van der Waals surface area contributed by atoms with Crippen molar-refractivity contribution in [2.24, 2.45) is 0 Å². The van der Waals surface area contributed by atoms with Gasteiger partial charge in [0.1, 0.15) is 4.90 Å². The Morgan fingerprint density at radius 2 is 2.15 bits per heavy atom. The quantitative estimate of drug-likeness (QED) is 0.858. The molecule has 1 unspecified atom stereocenters. The Balaban J connectivity index is 2.34. The maximum absolute atomic E-state index is 12.4. The lowest BCUT2D eigenvalue weighted by atomic mass is 10.2. The lowest BCUT2D eigenvalue weighted by Crippen LogP contribution is -2.35. The summed E-state index contributed by atoms with van der Waals surface area (Å²) in [4.78, 5) is 0.00353. The van der Waals surface area contributed by atoms with E-state index in [1.807, 2.05) is 0 Å². The van der Waals surface area contributed by atoms with Crippen LogP contribution in [0.25, 0.3) is 0 Å². The molecule has 8 heteroatoms. The minimum absolute atomic E-state index is 0.00353. The minimum Gasteiger partial charge on any atom is -0.380 e. The Hall–Kier alpha value is -0.370. The van der Waals surface area contributed by atoms with Gasteiger partial charge >= 0.3 is 0 Å². The second kappa shape index (κ2) is 6.60. The van der Waals surface area contributed by atoms with Crippen LogP contribution in [-0.4, -0.2) is 34.7 Å². The Labute approximate surface area is 128 Å². The van der Waals surface area contributed by atoms with E-state index >= 15 is 0 Å². The van der Waals surface area contributed by atoms with Crippen LogP contribution < -0.4 is 10.0 Å². The Bertz CT molecular complexity index is 587. The average Bonchev–Trinajstić information content (AvgIpc) is 2.85. The second-order valence-corrected chi connectivity index (χ2v) is 7.09. The summed E-state index contributed by atoms with van der Waals surface area (Å²) in [7, 11) is -1.96. The lowest BCUT2D eigenvalue weighted by molar-refractivity contribution is 0.192. The molecule has 2 N–H and O–H groups in total. The topological polar surface area (TPSA) is 67.4 Å². The second-order valence-electron chi connectivity index (χ2n) is 4.59. The van der Waals surface area contributed by atoms with E-state index in [-0.39, 0.29) is 16.0 Å². The molecule has 1 aromatic rings. The van der Waals surface area contributed by atoms with Crippen molar-refractivity contribution >= 4 is 33.2 Å². The van der Waals surface area contributed by atoms with Crippen LogP contribution in [0.4, 0.5) is 0 Å². The molecule has 0 spiro atoms. The summed E-state index contributed by atoms with van der Waals surface area (Å²) in [5.74, 6) is 0. The van der Waals surface area contributed by atoms with Crippen LogP contribution in [0.15, 0.2) is 17.0 Å². The SMILES string of the molecule is CNCc1cc(Cl)cc(S(=O)(=O)NC2CCOC2)c1Cl. The molecule has 0 bridgehead atoms. The first-order valence-corrected chi connectivity index (χ1v) is 8.40. The highest BCUT2D eigenvalue weighted by Crippen LogP contribution is 2.29. The zero-order valence-electron chi connectivity index (χ0n) is 10.9. The van der Waals surface area contributed by atoms with Crippen molar-refractivity contribution in [3.05, 3.63) is 27.7 Å². The van der Waals surface area contributed by atoms with Gasteiger partial charge < -0.3 is 10.1 Å². The number of sulfonamides is 1. The van der Waals surface area contributed by atoms with Gasteiger partial charge in [-0.15, -0.1) is 0 Å². The molecule has 0 aliphatic carbocycles. The number of hydrogen-bond donors (Lipinski definition) is 2. The van der Waals surface area contributed by atoms with Crippen LogP contribution in [0.5, 0.6) is 0 Å². The number of benzene rings is 1. The third kappa shape index (κ3) is 3.63. The lowest BCUT2D eigenvalue weighted by Gasteiger charge is -2.15. The van der Waals surface area contributed by atoms with Gasteiger partial charge in [0.2, 0.25) is 10.0 Å². The van der Waals surface area contributed by atoms with Crippen molar-refractivity contribution in [2.75, 3.05) is 20.3 Å². The predicted octanol–water partition coefficient (Wildman–Crippen LogP) is 1.78. The molecule has 0 aromatic heterocycles. The fraction of sp³-hybridized carbons (Fsp3) is 0.500. The van der Waals surface area contributed by atoms with Gasteiger partial charge in [0.15, 0.2) is 0 Å². The molecule has 0 saturated carbocycles. The van der Waals surface area contributed by atoms with Gasteiger partial charge in [-0.3, -0.25) is 0 Å². The Kier molecular flexibility index (Phi) is 5.28. The van der Waals surface area contributed by atoms with Crippen molar-refractivity contribution < 1.29 is 13.2 Å². The van der Waals surface area contributed by atoms with E-state index in [0.717, 1.165) is 0 Å². The van der Waals surface area contributed by atoms with Gasteiger partial charge in [-0.1, -0.05) is 23.2 Å². The molecule has 112 valence electrons. The zero-order chi connectivity index (χ0) is 14.8. The van der Waals surface area contributed by atoms with Crippen molar-refractivity contribution in [3.8, 4) is 0 Å². The summed E-state index contributed by atoms with van der Waals surface area (Å²) in [5.41, 5.74) is 0.643. The van der Waals surface area contributed by atoms with Crippen LogP contribution in [-0.2, 0) is 21.3 Å². The minimum atomic E-state index is -3.71. The van der Waals surface area contributed by atoms with Crippen molar-refractivity contribution in [3.63, 3.8) is 0 Å². The standard InChI is InChI=1S/C12H16Cl2N2O3S/c1-15-6-8-4-9(13)5-11(12(8)14)20(17,18)16-10-2-3-19-7-10/h4-5,10,15-16H,2-3,6-7H2,1H3. The van der Waals surface area contributed by atoms with Gasteiger partial charge in [0.25, 0.3) is 0 Å². The molecule has 20 heavy (non-hydrogen) atoms. The first kappa shape index (κ1) is 16.0. The van der Waals surface area contributed by atoms with Crippen LogP contribution in [0.1, 0.15) is 12.0 Å². The van der Waals surface area contributed by atoms with E-state index in [0.29, 0.717) is 36.8 Å². The van der Waals surface area contributed by atoms with E-state index in [4.69, 9.17) is 27.9 Å². The van der Waals surface area contributed by atoms with Crippen LogP contribution in [0.3, 0.4) is 0 Å². The van der Waals surface area contributed by atoms with Gasteiger partial charge in [-0.2, -0.15) is 0 Å². The number of halogens is 2. The molecular weight excluding hydrogens is 323 g/mol. The van der Waals surface area contributed by atoms with Gasteiger partial charge in [0, 0.05) is 24.2 Å². The van der Waals surface area contributed by atoms with Crippen LogP contribution in [0.2, 0.25) is 10.0 Å². The Morgan fingerprint density at radius 1 is 1.40 bits per heavy atom. The summed E-state index contributed by atoms with van der Waals surface area (Å²) >= 11 is 12.2. The largest absolute Gasteiger partial charge is 0.380 e. The molecule has 1 aromatic carbocycles. The van der Waals surface area contributed by atoms with Crippen molar-refractivity contribution in [1.82, 2.24) is 10.0 Å². The molecule has 1 fully saturated rings. The van der Waals surface area contributed by atoms with Gasteiger partial charge in [-0.05, 0) is 31.2 Å². The van der Waals surface area contributed by atoms with Gasteiger partial charge in [-0.25, -0.2) is 13.1 Å². The number of ether oxygens (including phenoxy) is 1. The maximum Gasteiger partial charge on any atom is 0.242 e. The van der Waals surface area contributed by atoms with E-state index in [1.54, 1.807) is 13.1 Å². The predicted molar refractivity (Wildman–Crippen MR) is 78.8 cm³/mol. The van der Waals surface area contributed by atoms with E-state index < -0.39 is 10.0 Å². The fourth-order valence-corrected chi connectivity index (χ4v) is 4.23. The van der Waals surface area contributed by atoms with Gasteiger partial charge in [0.05, 0.1) is 11.6 Å². The summed E-state index contributed by atoms with van der Waals surface area (Å²) in [6.07, 6.45) is 0.654. The highest BCUT2D eigenvalue weighted by atomic mass is 35.5. The number of rotatable bonds is 5. The van der Waals surface area contributed by atoms with E-state index in [9.17, 15) is 8.42 Å². The molecule has 0 radical (unpaired) electrons. The highest BCUT2D eigenvalue weighted by Gasteiger charge is 2.26. The average molecular weight is 339 g/mol. The Morgan fingerprint density at radius 3 is 2.75 bits per heavy atom. The summed E-state index contributed by atoms with van der Waals surface area (Å²) < 4.78 is 32.5. The first-order chi connectivity index (χ1) is 9.44. The van der Waals surface area contributed by atoms with Crippen molar-refractivity contribution in [1.29, 1.82) is 0 Å². The van der Waals surface area contributed by atoms with E-state index in [1.165, 1.54) is 6.07 Å². The fourth-order valence-electron chi connectivity index (χ4n) is 2.04. The molecule has 5 nitrogen and oxygen atoms in total. The molecule has 1 saturated heterocycles. The molecule has 1 heterocycles. The molecule has 1 aliphatic heterocycles. The number of hydrogen-bond acceptors (Lipinski definition) is 4. The monoisotopic (exact) mass is 338 g/mol. The normalized spacial score (nSPS) is 19.4. The summed E-state index contributed by atoms with van der Waals surface area (Å²) in [6, 6.07) is 2.79. The first-order valence-electron chi connectivity index (χ1n) is 6.16. The molecular formula is C12H16Cl2N2O3S. The molecule has 0 amide bonds. The maximum atomic E-state index is 12.4. The van der Waals surface area contributed by atoms with Crippen molar-refractivity contribution in [2.45, 2.75) is 23.9 Å². The third-order valence-corrected chi connectivity index (χ3v) is 5.31.